The average molecular weight is 374 g/mol. The summed E-state index contributed by atoms with van der Waals surface area (Å²) in [7, 11) is 0. The van der Waals surface area contributed by atoms with Crippen LogP contribution in [0.5, 0.6) is 0 Å². The number of fused-ring (bicyclic) bond motifs is 1. The number of anilines is 1. The number of tetrazole rings is 1. The fourth-order valence-corrected chi connectivity index (χ4v) is 4.75. The van der Waals surface area contributed by atoms with Crippen molar-refractivity contribution in [3.8, 4) is 0 Å². The van der Waals surface area contributed by atoms with Gasteiger partial charge in [0, 0.05) is 0 Å². The molecule has 1 aromatic carbocycles. The second-order valence-electron chi connectivity index (χ2n) is 6.17. The zero-order valence-corrected chi connectivity index (χ0v) is 15.4. The molecule has 1 fully saturated rings. The molecule has 0 bridgehead atoms. The Bertz CT molecular complexity index is 899. The van der Waals surface area contributed by atoms with Crippen LogP contribution in [0.15, 0.2) is 23.4 Å². The Labute approximate surface area is 153 Å². The fraction of sp³-hybridized carbons (Fsp3) is 0.438. The van der Waals surface area contributed by atoms with E-state index < -0.39 is 0 Å². The summed E-state index contributed by atoms with van der Waals surface area (Å²) in [6, 6.07) is 6.44. The van der Waals surface area contributed by atoms with Crippen molar-refractivity contribution in [2.75, 3.05) is 11.1 Å². The Balaban J connectivity index is 1.38. The number of amides is 1. The first-order valence-electron chi connectivity index (χ1n) is 8.27. The summed E-state index contributed by atoms with van der Waals surface area (Å²) in [4.78, 5) is 16.7. The summed E-state index contributed by atoms with van der Waals surface area (Å²) < 4.78 is 2.94. The van der Waals surface area contributed by atoms with E-state index in [4.69, 9.17) is 0 Å². The molecule has 130 valence electrons. The Hall–Kier alpha value is -2.00. The molecule has 0 saturated heterocycles. The smallest absolute Gasteiger partial charge is 0.236 e. The van der Waals surface area contributed by atoms with E-state index in [0.717, 1.165) is 23.1 Å². The highest BCUT2D eigenvalue weighted by Crippen LogP contribution is 2.31. The molecule has 3 aromatic rings. The minimum atomic E-state index is -0.0956. The predicted molar refractivity (Wildman–Crippen MR) is 99.0 cm³/mol. The van der Waals surface area contributed by atoms with Gasteiger partial charge in [-0.05, 0) is 47.9 Å². The summed E-state index contributed by atoms with van der Waals surface area (Å²) >= 11 is 2.86. The van der Waals surface area contributed by atoms with Crippen LogP contribution in [-0.2, 0) is 4.79 Å². The number of thiazole rings is 1. The van der Waals surface area contributed by atoms with Crippen LogP contribution in [0.1, 0.15) is 37.3 Å². The van der Waals surface area contributed by atoms with Gasteiger partial charge in [0.05, 0.1) is 22.0 Å². The number of aromatic nitrogens is 5. The van der Waals surface area contributed by atoms with Gasteiger partial charge < -0.3 is 5.32 Å². The topological polar surface area (TPSA) is 85.6 Å². The molecule has 1 N–H and O–H groups in total. The number of carbonyl (C=O) groups excluding carboxylic acids is 1. The second kappa shape index (κ2) is 7.09. The molecule has 25 heavy (non-hydrogen) atoms. The molecular weight excluding hydrogens is 356 g/mol. The predicted octanol–water partition coefficient (Wildman–Crippen LogP) is 3.44. The Kier molecular flexibility index (Phi) is 4.67. The van der Waals surface area contributed by atoms with Crippen LogP contribution in [-0.4, -0.2) is 36.9 Å². The molecule has 0 spiro atoms. The second-order valence-corrected chi connectivity index (χ2v) is 8.14. The largest absolute Gasteiger partial charge is 0.301 e. The SMILES string of the molecule is Cc1ccc2nc(NC(=O)CSc3nnnn3C3CCCC3)sc2c1. The van der Waals surface area contributed by atoms with Gasteiger partial charge in [-0.25, -0.2) is 9.67 Å². The van der Waals surface area contributed by atoms with Crippen molar-refractivity contribution in [2.24, 2.45) is 0 Å². The van der Waals surface area contributed by atoms with Crippen LogP contribution < -0.4 is 5.32 Å². The molecule has 0 radical (unpaired) electrons. The lowest BCUT2D eigenvalue weighted by atomic mass is 10.2. The lowest BCUT2D eigenvalue weighted by molar-refractivity contribution is -0.113. The van der Waals surface area contributed by atoms with Gasteiger partial charge in [-0.3, -0.25) is 4.79 Å². The number of hydrogen-bond acceptors (Lipinski definition) is 7. The van der Waals surface area contributed by atoms with E-state index in [1.807, 2.05) is 23.7 Å². The van der Waals surface area contributed by atoms with E-state index in [1.165, 1.54) is 41.5 Å². The number of nitrogens with one attached hydrogen (secondary N) is 1. The maximum Gasteiger partial charge on any atom is 0.236 e. The van der Waals surface area contributed by atoms with Crippen molar-refractivity contribution in [2.45, 2.75) is 43.8 Å². The van der Waals surface area contributed by atoms with Gasteiger partial charge in [0.2, 0.25) is 11.1 Å². The van der Waals surface area contributed by atoms with Crippen LogP contribution in [0.3, 0.4) is 0 Å². The van der Waals surface area contributed by atoms with E-state index in [0.29, 0.717) is 16.3 Å². The van der Waals surface area contributed by atoms with Crippen molar-refractivity contribution in [3.05, 3.63) is 23.8 Å². The minimum absolute atomic E-state index is 0.0956. The first-order valence-corrected chi connectivity index (χ1v) is 10.1. The standard InChI is InChI=1S/C16H18N6OS2/c1-10-6-7-12-13(8-10)25-15(17-12)18-14(23)9-24-16-19-20-21-22(16)11-4-2-3-5-11/h6-8,11H,2-5,9H2,1H3,(H,17,18,23). The van der Waals surface area contributed by atoms with Crippen LogP contribution in [0.2, 0.25) is 0 Å². The average Bonchev–Trinajstić information content (AvgIpc) is 3.32. The lowest BCUT2D eigenvalue weighted by Crippen LogP contribution is -2.15. The van der Waals surface area contributed by atoms with Crippen LogP contribution in [0, 0.1) is 6.92 Å². The van der Waals surface area contributed by atoms with Crippen molar-refractivity contribution in [1.29, 1.82) is 0 Å². The number of aryl methyl sites for hydroxylation is 1. The van der Waals surface area contributed by atoms with Gasteiger partial charge >= 0.3 is 0 Å². The van der Waals surface area contributed by atoms with E-state index >= 15 is 0 Å². The van der Waals surface area contributed by atoms with Crippen LogP contribution in [0.25, 0.3) is 10.2 Å². The van der Waals surface area contributed by atoms with Crippen LogP contribution in [0.4, 0.5) is 5.13 Å². The van der Waals surface area contributed by atoms with Gasteiger partial charge in [-0.2, -0.15) is 0 Å². The normalized spacial score (nSPS) is 15.1. The maximum atomic E-state index is 12.2. The zero-order valence-electron chi connectivity index (χ0n) is 13.8. The monoisotopic (exact) mass is 374 g/mol. The van der Waals surface area contributed by atoms with E-state index in [-0.39, 0.29) is 11.7 Å². The number of rotatable bonds is 5. The highest BCUT2D eigenvalue weighted by Gasteiger charge is 2.22. The van der Waals surface area contributed by atoms with Crippen molar-refractivity contribution in [3.63, 3.8) is 0 Å². The number of carbonyl (C=O) groups is 1. The van der Waals surface area contributed by atoms with Gasteiger partial charge in [0.1, 0.15) is 0 Å². The lowest BCUT2D eigenvalue weighted by Gasteiger charge is -2.10. The quantitative estimate of drug-likeness (QED) is 0.689. The molecule has 1 amide bonds. The van der Waals surface area contributed by atoms with Gasteiger partial charge in [0.15, 0.2) is 5.13 Å². The van der Waals surface area contributed by atoms with Crippen molar-refractivity contribution < 1.29 is 4.79 Å². The van der Waals surface area contributed by atoms with Gasteiger partial charge in [-0.1, -0.05) is 42.0 Å². The van der Waals surface area contributed by atoms with Crippen LogP contribution >= 0.6 is 23.1 Å². The molecule has 1 aliphatic carbocycles. The molecule has 4 rings (SSSR count). The molecule has 1 aliphatic rings. The van der Waals surface area contributed by atoms with E-state index in [1.54, 1.807) is 0 Å². The number of hydrogen-bond donors (Lipinski definition) is 1. The van der Waals surface area contributed by atoms with E-state index in [2.05, 4.69) is 31.9 Å². The summed E-state index contributed by atoms with van der Waals surface area (Å²) in [5.74, 6) is 0.170. The highest BCUT2D eigenvalue weighted by molar-refractivity contribution is 7.99. The van der Waals surface area contributed by atoms with Crippen molar-refractivity contribution >= 4 is 44.4 Å². The molecule has 2 heterocycles. The highest BCUT2D eigenvalue weighted by atomic mass is 32.2. The molecule has 0 aliphatic heterocycles. The first-order chi connectivity index (χ1) is 12.2. The molecule has 0 unspecified atom stereocenters. The third-order valence-corrected chi connectivity index (χ3v) is 6.12. The third kappa shape index (κ3) is 3.67. The Morgan fingerprint density at radius 1 is 1.40 bits per heavy atom. The Morgan fingerprint density at radius 3 is 3.08 bits per heavy atom. The summed E-state index contributed by atoms with van der Waals surface area (Å²) in [5, 5.41) is 16.1. The number of thioether (sulfide) groups is 1. The van der Waals surface area contributed by atoms with Gasteiger partial charge in [0.25, 0.3) is 0 Å². The molecule has 0 atom stereocenters. The molecular formula is C16H18N6OS2. The number of nitrogens with zero attached hydrogens (tertiary/aromatic N) is 5. The fourth-order valence-electron chi connectivity index (χ4n) is 3.03. The molecule has 7 nitrogen and oxygen atoms in total. The number of benzene rings is 1. The summed E-state index contributed by atoms with van der Waals surface area (Å²) in [6.45, 7) is 2.04. The summed E-state index contributed by atoms with van der Waals surface area (Å²) in [5.41, 5.74) is 2.09. The minimum Gasteiger partial charge on any atom is -0.301 e. The Morgan fingerprint density at radius 2 is 2.24 bits per heavy atom. The third-order valence-electron chi connectivity index (χ3n) is 4.26. The molecule has 1 saturated carbocycles. The maximum absolute atomic E-state index is 12.2. The van der Waals surface area contributed by atoms with E-state index in [9.17, 15) is 4.79 Å². The van der Waals surface area contributed by atoms with Crippen molar-refractivity contribution in [1.82, 2.24) is 25.2 Å². The molecule has 9 heteroatoms. The molecule has 2 aromatic heterocycles. The zero-order chi connectivity index (χ0) is 17.2. The first kappa shape index (κ1) is 16.5. The summed E-state index contributed by atoms with van der Waals surface area (Å²) in [6.07, 6.45) is 4.64. The van der Waals surface area contributed by atoms with Gasteiger partial charge in [-0.15, -0.1) is 5.10 Å².